The van der Waals surface area contributed by atoms with E-state index in [0.29, 0.717) is 5.69 Å². The minimum Gasteiger partial charge on any atom is -0.464 e. The van der Waals surface area contributed by atoms with Crippen molar-refractivity contribution in [2.45, 2.75) is 6.42 Å². The van der Waals surface area contributed by atoms with Crippen LogP contribution in [0.25, 0.3) is 10.9 Å². The van der Waals surface area contributed by atoms with Crippen LogP contribution in [0.3, 0.4) is 0 Å². The average Bonchev–Trinajstić information content (AvgIpc) is 2.92. The first kappa shape index (κ1) is 9.27. The van der Waals surface area contributed by atoms with Gasteiger partial charge in [0, 0.05) is 11.9 Å². The Morgan fingerprint density at radius 2 is 2.31 bits per heavy atom. The zero-order chi connectivity index (χ0) is 11.1. The molecule has 16 heavy (non-hydrogen) atoms. The molecule has 1 aliphatic heterocycles. The van der Waals surface area contributed by atoms with Crippen molar-refractivity contribution in [2.75, 3.05) is 19.0 Å². The van der Waals surface area contributed by atoms with Crippen molar-refractivity contribution >= 4 is 22.6 Å². The molecule has 0 saturated heterocycles. The average molecular weight is 216 g/mol. The Bertz CT molecular complexity index is 572. The summed E-state index contributed by atoms with van der Waals surface area (Å²) in [5.74, 6) is -0.331. The molecule has 1 aromatic heterocycles. The summed E-state index contributed by atoms with van der Waals surface area (Å²) in [6.45, 7) is 0.959. The molecule has 2 aromatic rings. The van der Waals surface area contributed by atoms with E-state index in [1.54, 1.807) is 0 Å². The maximum Gasteiger partial charge on any atom is 0.354 e. The molecule has 0 amide bonds. The number of aromatic nitrogens is 1. The van der Waals surface area contributed by atoms with Crippen molar-refractivity contribution in [3.05, 3.63) is 29.5 Å². The van der Waals surface area contributed by atoms with E-state index in [1.165, 1.54) is 12.7 Å². The Balaban J connectivity index is 2.21. The number of methoxy groups -OCH3 is 1. The number of carbonyl (C=O) groups is 1. The third-order valence-corrected chi connectivity index (χ3v) is 2.98. The van der Waals surface area contributed by atoms with Crippen LogP contribution in [-0.2, 0) is 11.2 Å². The highest BCUT2D eigenvalue weighted by atomic mass is 16.5. The van der Waals surface area contributed by atoms with Crippen LogP contribution in [0.15, 0.2) is 18.2 Å². The smallest absolute Gasteiger partial charge is 0.354 e. The van der Waals surface area contributed by atoms with Gasteiger partial charge in [-0.05, 0) is 18.1 Å². The molecule has 82 valence electrons. The van der Waals surface area contributed by atoms with E-state index in [4.69, 9.17) is 4.74 Å². The van der Waals surface area contributed by atoms with Gasteiger partial charge >= 0.3 is 5.97 Å². The van der Waals surface area contributed by atoms with Gasteiger partial charge in [-0.3, -0.25) is 0 Å². The molecule has 1 aromatic carbocycles. The molecule has 0 unspecified atom stereocenters. The summed E-state index contributed by atoms with van der Waals surface area (Å²) in [5.41, 5.74) is 3.91. The predicted octanol–water partition coefficient (Wildman–Crippen LogP) is 1.92. The van der Waals surface area contributed by atoms with Crippen molar-refractivity contribution in [1.29, 1.82) is 0 Å². The summed E-state index contributed by atoms with van der Waals surface area (Å²) >= 11 is 0. The Kier molecular flexibility index (Phi) is 1.89. The number of rotatable bonds is 1. The molecule has 2 N–H and O–H groups in total. The highest BCUT2D eigenvalue weighted by molar-refractivity contribution is 6.00. The van der Waals surface area contributed by atoms with Crippen molar-refractivity contribution in [3.8, 4) is 0 Å². The third kappa shape index (κ3) is 1.19. The summed E-state index contributed by atoms with van der Waals surface area (Å²) in [6.07, 6.45) is 1.04. The number of H-pyrrole nitrogens is 1. The van der Waals surface area contributed by atoms with E-state index in [-0.39, 0.29) is 5.97 Å². The van der Waals surface area contributed by atoms with E-state index in [1.807, 2.05) is 12.1 Å². The molecule has 0 bridgehead atoms. The number of hydrogen-bond acceptors (Lipinski definition) is 3. The monoisotopic (exact) mass is 216 g/mol. The molecule has 4 nitrogen and oxygen atoms in total. The summed E-state index contributed by atoms with van der Waals surface area (Å²) in [7, 11) is 1.39. The van der Waals surface area contributed by atoms with Crippen LogP contribution >= 0.6 is 0 Å². The Morgan fingerprint density at radius 1 is 1.44 bits per heavy atom. The maximum atomic E-state index is 11.4. The zero-order valence-corrected chi connectivity index (χ0v) is 8.96. The first-order valence-electron chi connectivity index (χ1n) is 5.26. The van der Waals surface area contributed by atoms with Gasteiger partial charge in [-0.1, -0.05) is 12.1 Å². The minimum absolute atomic E-state index is 0.331. The van der Waals surface area contributed by atoms with Crippen molar-refractivity contribution in [2.24, 2.45) is 0 Å². The summed E-state index contributed by atoms with van der Waals surface area (Å²) in [6, 6.07) is 5.96. The van der Waals surface area contributed by atoms with E-state index >= 15 is 0 Å². The number of carbonyl (C=O) groups excluding carboxylic acids is 1. The Labute approximate surface area is 92.6 Å². The Morgan fingerprint density at radius 3 is 3.12 bits per heavy atom. The molecule has 0 spiro atoms. The van der Waals surface area contributed by atoms with Gasteiger partial charge in [0.15, 0.2) is 0 Å². The molecule has 4 heteroatoms. The lowest BCUT2D eigenvalue weighted by Crippen LogP contribution is -2.00. The van der Waals surface area contributed by atoms with Crippen LogP contribution in [0, 0.1) is 0 Å². The number of hydrogen-bond donors (Lipinski definition) is 2. The summed E-state index contributed by atoms with van der Waals surface area (Å²) in [4.78, 5) is 14.5. The fraction of sp³-hybridized carbons (Fsp3) is 0.250. The molecule has 0 saturated carbocycles. The van der Waals surface area contributed by atoms with Gasteiger partial charge < -0.3 is 15.0 Å². The van der Waals surface area contributed by atoms with Gasteiger partial charge in [0.25, 0.3) is 0 Å². The second kappa shape index (κ2) is 3.27. The van der Waals surface area contributed by atoms with Crippen LogP contribution in [-0.4, -0.2) is 24.6 Å². The zero-order valence-electron chi connectivity index (χ0n) is 8.96. The number of esters is 1. The lowest BCUT2D eigenvalue weighted by atomic mass is 10.1. The molecule has 0 fully saturated rings. The number of nitrogens with one attached hydrogen (secondary N) is 2. The second-order valence-electron chi connectivity index (χ2n) is 3.92. The molecule has 0 atom stereocenters. The quantitative estimate of drug-likeness (QED) is 0.716. The highest BCUT2D eigenvalue weighted by Crippen LogP contribution is 2.31. The first-order chi connectivity index (χ1) is 7.79. The van der Waals surface area contributed by atoms with Crippen LogP contribution in [0.2, 0.25) is 0 Å². The lowest BCUT2D eigenvalue weighted by Gasteiger charge is -2.00. The maximum absolute atomic E-state index is 11.4. The van der Waals surface area contributed by atoms with Crippen LogP contribution in [0.1, 0.15) is 16.1 Å². The van der Waals surface area contributed by atoms with Crippen molar-refractivity contribution in [3.63, 3.8) is 0 Å². The molecule has 0 aliphatic carbocycles. The van der Waals surface area contributed by atoms with Gasteiger partial charge in [0.1, 0.15) is 5.69 Å². The van der Waals surface area contributed by atoms with Gasteiger partial charge in [0.2, 0.25) is 0 Å². The highest BCUT2D eigenvalue weighted by Gasteiger charge is 2.17. The minimum atomic E-state index is -0.331. The van der Waals surface area contributed by atoms with Gasteiger partial charge in [-0.25, -0.2) is 4.79 Å². The fourth-order valence-electron chi connectivity index (χ4n) is 2.20. The van der Waals surface area contributed by atoms with Crippen LogP contribution < -0.4 is 5.32 Å². The standard InChI is InChI=1S/C12H12N2O2/c1-16-12(15)9-6-8-3-2-7-4-5-13-10(7)11(8)14-9/h2-3,6,13-14H,4-5H2,1H3. The molecular formula is C12H12N2O2. The number of aromatic amines is 1. The molecule has 0 radical (unpaired) electrons. The number of ether oxygens (including phenoxy) is 1. The topological polar surface area (TPSA) is 54.1 Å². The fourth-order valence-corrected chi connectivity index (χ4v) is 2.20. The van der Waals surface area contributed by atoms with Gasteiger partial charge in [-0.2, -0.15) is 0 Å². The molecular weight excluding hydrogens is 204 g/mol. The lowest BCUT2D eigenvalue weighted by molar-refractivity contribution is 0.0595. The van der Waals surface area contributed by atoms with Crippen molar-refractivity contribution in [1.82, 2.24) is 4.98 Å². The number of fused-ring (bicyclic) bond motifs is 3. The summed E-state index contributed by atoms with van der Waals surface area (Å²) < 4.78 is 4.69. The largest absolute Gasteiger partial charge is 0.464 e. The number of anilines is 1. The van der Waals surface area contributed by atoms with E-state index in [2.05, 4.69) is 16.4 Å². The van der Waals surface area contributed by atoms with Gasteiger partial charge in [-0.15, -0.1) is 0 Å². The van der Waals surface area contributed by atoms with E-state index in [0.717, 1.165) is 29.6 Å². The van der Waals surface area contributed by atoms with Crippen LogP contribution in [0.4, 0.5) is 5.69 Å². The second-order valence-corrected chi connectivity index (χ2v) is 3.92. The number of benzene rings is 1. The van der Waals surface area contributed by atoms with Crippen molar-refractivity contribution < 1.29 is 9.53 Å². The van der Waals surface area contributed by atoms with Gasteiger partial charge in [0.05, 0.1) is 18.3 Å². The first-order valence-corrected chi connectivity index (χ1v) is 5.26. The SMILES string of the molecule is COC(=O)c1cc2ccc3c(c2[nH]1)NCC3. The van der Waals surface area contributed by atoms with E-state index < -0.39 is 0 Å². The van der Waals surface area contributed by atoms with E-state index in [9.17, 15) is 4.79 Å². The van der Waals surface area contributed by atoms with Crippen LogP contribution in [0.5, 0.6) is 0 Å². The molecule has 2 heterocycles. The molecule has 3 rings (SSSR count). The Hall–Kier alpha value is -1.97. The normalized spacial score (nSPS) is 13.6. The third-order valence-electron chi connectivity index (χ3n) is 2.98. The summed E-state index contributed by atoms with van der Waals surface area (Å²) in [5, 5.41) is 4.37. The molecule has 1 aliphatic rings. The predicted molar refractivity (Wildman–Crippen MR) is 61.8 cm³/mol.